The number of hydrogen-bond acceptors (Lipinski definition) is 6. The Labute approximate surface area is 104 Å². The van der Waals surface area contributed by atoms with Crippen molar-refractivity contribution < 1.29 is 0 Å². The summed E-state index contributed by atoms with van der Waals surface area (Å²) in [5.41, 5.74) is 5.94. The molecule has 1 unspecified atom stereocenters. The molecule has 0 aromatic carbocycles. The molecular weight excluding hydrogens is 234 g/mol. The highest BCUT2D eigenvalue weighted by molar-refractivity contribution is 7.05. The minimum absolute atomic E-state index is 0.0858. The van der Waals surface area contributed by atoms with Crippen LogP contribution in [-0.2, 0) is 6.42 Å². The lowest BCUT2D eigenvalue weighted by atomic mass is 10.0. The summed E-state index contributed by atoms with van der Waals surface area (Å²) in [6.45, 7) is 4.07. The second-order valence-corrected chi connectivity index (χ2v) is 4.62. The van der Waals surface area contributed by atoms with E-state index >= 15 is 0 Å². The van der Waals surface area contributed by atoms with Gasteiger partial charge in [0, 0.05) is 12.4 Å². The van der Waals surface area contributed by atoms with Gasteiger partial charge in [0.2, 0.25) is 0 Å². The predicted molar refractivity (Wildman–Crippen MR) is 67.4 cm³/mol. The fourth-order valence-electron chi connectivity index (χ4n) is 1.74. The summed E-state index contributed by atoms with van der Waals surface area (Å²) in [7, 11) is 0. The van der Waals surface area contributed by atoms with Gasteiger partial charge < -0.3 is 0 Å². The first-order valence-electron chi connectivity index (χ1n) is 5.45. The molecule has 3 N–H and O–H groups in total. The van der Waals surface area contributed by atoms with Gasteiger partial charge in [0.25, 0.3) is 0 Å². The lowest BCUT2D eigenvalue weighted by molar-refractivity contribution is 0.636. The second kappa shape index (κ2) is 5.31. The van der Waals surface area contributed by atoms with Gasteiger partial charge in [0.05, 0.1) is 16.6 Å². The molecule has 0 saturated heterocycles. The van der Waals surface area contributed by atoms with E-state index in [1.807, 2.05) is 19.3 Å². The van der Waals surface area contributed by atoms with Crippen molar-refractivity contribution in [2.75, 3.05) is 0 Å². The van der Waals surface area contributed by atoms with Gasteiger partial charge >= 0.3 is 0 Å². The van der Waals surface area contributed by atoms with Crippen molar-refractivity contribution in [2.24, 2.45) is 5.84 Å². The monoisotopic (exact) mass is 249 g/mol. The molecule has 2 aromatic rings. The van der Waals surface area contributed by atoms with E-state index in [-0.39, 0.29) is 6.04 Å². The van der Waals surface area contributed by atoms with Crippen LogP contribution in [-0.4, -0.2) is 14.6 Å². The Balaban J connectivity index is 2.40. The van der Waals surface area contributed by atoms with Gasteiger partial charge in [-0.2, -0.15) is 0 Å². The molecule has 0 fully saturated rings. The van der Waals surface area contributed by atoms with Crippen molar-refractivity contribution in [3.05, 3.63) is 40.2 Å². The lowest BCUT2D eigenvalue weighted by Gasteiger charge is -2.15. The average molecular weight is 249 g/mol. The number of aryl methyl sites for hydroxylation is 2. The van der Waals surface area contributed by atoms with Crippen molar-refractivity contribution in [3.63, 3.8) is 0 Å². The zero-order chi connectivity index (χ0) is 12.3. The quantitative estimate of drug-likeness (QED) is 0.632. The molecule has 0 aliphatic rings. The Kier molecular flexibility index (Phi) is 3.78. The number of hydrogen-bond donors (Lipinski definition) is 2. The zero-order valence-corrected chi connectivity index (χ0v) is 10.7. The fourth-order valence-corrected chi connectivity index (χ4v) is 2.57. The molecule has 2 aromatic heterocycles. The van der Waals surface area contributed by atoms with Crippen molar-refractivity contribution >= 4 is 11.5 Å². The van der Waals surface area contributed by atoms with E-state index in [2.05, 4.69) is 33.0 Å². The Bertz CT molecular complexity index is 496. The predicted octanol–water partition coefficient (Wildman–Crippen LogP) is 1.36. The lowest BCUT2D eigenvalue weighted by Crippen LogP contribution is -2.29. The topological polar surface area (TPSA) is 76.7 Å². The van der Waals surface area contributed by atoms with Crippen LogP contribution in [0.25, 0.3) is 0 Å². The van der Waals surface area contributed by atoms with E-state index in [0.717, 1.165) is 28.1 Å². The number of hydrazine groups is 1. The van der Waals surface area contributed by atoms with E-state index in [1.54, 1.807) is 0 Å². The van der Waals surface area contributed by atoms with Crippen LogP contribution in [0.4, 0.5) is 0 Å². The molecule has 0 aliphatic heterocycles. The smallest absolute Gasteiger partial charge is 0.0852 e. The maximum absolute atomic E-state index is 5.64. The number of rotatable bonds is 4. The Morgan fingerprint density at radius 3 is 2.94 bits per heavy atom. The molecule has 2 rings (SSSR count). The number of nitrogens with zero attached hydrogens (tertiary/aromatic N) is 3. The summed E-state index contributed by atoms with van der Waals surface area (Å²) in [5, 5.41) is 4.10. The molecule has 0 bridgehead atoms. The Morgan fingerprint density at radius 1 is 1.47 bits per heavy atom. The molecule has 90 valence electrons. The molecule has 17 heavy (non-hydrogen) atoms. The molecular formula is C11H15N5S. The number of pyridine rings is 1. The highest BCUT2D eigenvalue weighted by Gasteiger charge is 2.19. The van der Waals surface area contributed by atoms with Crippen LogP contribution in [0.15, 0.2) is 18.5 Å². The van der Waals surface area contributed by atoms with E-state index in [1.165, 1.54) is 11.5 Å². The van der Waals surface area contributed by atoms with Crippen LogP contribution in [0.3, 0.4) is 0 Å². The van der Waals surface area contributed by atoms with Crippen LogP contribution in [0, 0.1) is 6.92 Å². The third kappa shape index (κ3) is 2.49. The molecule has 0 radical (unpaired) electrons. The van der Waals surface area contributed by atoms with Crippen LogP contribution in [0.2, 0.25) is 0 Å². The first kappa shape index (κ1) is 12.1. The third-order valence-corrected chi connectivity index (χ3v) is 3.41. The van der Waals surface area contributed by atoms with E-state index in [0.29, 0.717) is 0 Å². The summed E-state index contributed by atoms with van der Waals surface area (Å²) < 4.78 is 3.99. The standard InChI is InChI=1S/C11H15N5S/c1-3-9-11(17-16-15-9)10(14-12)8-4-7(2)5-13-6-8/h4-6,10,14H,3,12H2,1-2H3. The highest BCUT2D eigenvalue weighted by atomic mass is 32.1. The fraction of sp³-hybridized carbons (Fsp3) is 0.364. The Morgan fingerprint density at radius 2 is 2.29 bits per heavy atom. The zero-order valence-electron chi connectivity index (χ0n) is 9.84. The summed E-state index contributed by atoms with van der Waals surface area (Å²) in [6.07, 6.45) is 4.49. The normalized spacial score (nSPS) is 12.6. The van der Waals surface area contributed by atoms with Crippen LogP contribution in [0.5, 0.6) is 0 Å². The molecule has 0 saturated carbocycles. The molecule has 2 heterocycles. The summed E-state index contributed by atoms with van der Waals surface area (Å²) >= 11 is 1.38. The Hall–Kier alpha value is -1.37. The molecule has 5 nitrogen and oxygen atoms in total. The minimum Gasteiger partial charge on any atom is -0.271 e. The van der Waals surface area contributed by atoms with Gasteiger partial charge in [0.1, 0.15) is 0 Å². The summed E-state index contributed by atoms with van der Waals surface area (Å²) in [5.74, 6) is 5.64. The average Bonchev–Trinajstić information content (AvgIpc) is 2.78. The van der Waals surface area contributed by atoms with Crippen LogP contribution in [0.1, 0.15) is 34.7 Å². The van der Waals surface area contributed by atoms with Crippen molar-refractivity contribution in [2.45, 2.75) is 26.3 Å². The largest absolute Gasteiger partial charge is 0.271 e. The first-order chi connectivity index (χ1) is 8.26. The summed E-state index contributed by atoms with van der Waals surface area (Å²) in [4.78, 5) is 5.24. The van der Waals surface area contributed by atoms with Gasteiger partial charge in [-0.3, -0.25) is 10.8 Å². The minimum atomic E-state index is -0.0858. The number of aromatic nitrogens is 3. The van der Waals surface area contributed by atoms with Gasteiger partial charge in [-0.1, -0.05) is 17.5 Å². The van der Waals surface area contributed by atoms with E-state index < -0.39 is 0 Å². The molecule has 0 amide bonds. The van der Waals surface area contributed by atoms with Crippen LogP contribution < -0.4 is 11.3 Å². The van der Waals surface area contributed by atoms with Crippen molar-refractivity contribution in [3.8, 4) is 0 Å². The number of nitrogens with two attached hydrogens (primary N) is 1. The van der Waals surface area contributed by atoms with E-state index in [9.17, 15) is 0 Å². The van der Waals surface area contributed by atoms with Gasteiger partial charge in [-0.25, -0.2) is 5.43 Å². The molecule has 0 spiro atoms. The van der Waals surface area contributed by atoms with E-state index in [4.69, 9.17) is 5.84 Å². The molecule has 6 heteroatoms. The third-order valence-electron chi connectivity index (χ3n) is 2.58. The summed E-state index contributed by atoms with van der Waals surface area (Å²) in [6, 6.07) is 1.98. The molecule has 1 atom stereocenters. The van der Waals surface area contributed by atoms with Crippen molar-refractivity contribution in [1.29, 1.82) is 0 Å². The maximum atomic E-state index is 5.64. The molecule has 0 aliphatic carbocycles. The second-order valence-electron chi connectivity index (χ2n) is 3.83. The SMILES string of the molecule is CCc1nnsc1C(NN)c1cncc(C)c1. The number of nitrogens with one attached hydrogen (secondary N) is 1. The first-order valence-corrected chi connectivity index (χ1v) is 6.22. The van der Waals surface area contributed by atoms with Crippen LogP contribution >= 0.6 is 11.5 Å². The maximum Gasteiger partial charge on any atom is 0.0852 e. The van der Waals surface area contributed by atoms with Gasteiger partial charge in [-0.05, 0) is 36.0 Å². The highest BCUT2D eigenvalue weighted by Crippen LogP contribution is 2.26. The van der Waals surface area contributed by atoms with Crippen molar-refractivity contribution in [1.82, 2.24) is 20.0 Å². The van der Waals surface area contributed by atoms with Gasteiger partial charge in [0.15, 0.2) is 0 Å². The van der Waals surface area contributed by atoms with Gasteiger partial charge in [-0.15, -0.1) is 5.10 Å².